The van der Waals surface area contributed by atoms with Gasteiger partial charge in [0.15, 0.2) is 15.8 Å². The summed E-state index contributed by atoms with van der Waals surface area (Å²) in [6.45, 7) is 1.36. The number of sulfone groups is 1. The monoisotopic (exact) mass is 411 g/mol. The van der Waals surface area contributed by atoms with Crippen LogP contribution in [-0.2, 0) is 9.84 Å². The van der Waals surface area contributed by atoms with Gasteiger partial charge >= 0.3 is 0 Å². The van der Waals surface area contributed by atoms with E-state index in [1.54, 1.807) is 6.07 Å². The first-order valence-corrected chi connectivity index (χ1v) is 9.06. The molecule has 0 unspecified atom stereocenters. The summed E-state index contributed by atoms with van der Waals surface area (Å²) >= 11 is 0. The molecule has 8 nitrogen and oxygen atoms in total. The molecule has 25 heavy (non-hydrogen) atoms. The molecular weight excluding hydrogens is 389 g/mol. The maximum Gasteiger partial charge on any atom is 0.282 e. The predicted molar refractivity (Wildman–Crippen MR) is 104 cm³/mol. The third kappa shape index (κ3) is 6.03. The molecule has 1 aromatic carbocycles. The van der Waals surface area contributed by atoms with Crippen molar-refractivity contribution < 1.29 is 13.2 Å². The normalized spacial score (nSPS) is 14.9. The molecule has 0 aromatic heterocycles. The van der Waals surface area contributed by atoms with Crippen molar-refractivity contribution in [2.75, 3.05) is 24.2 Å². The van der Waals surface area contributed by atoms with Gasteiger partial charge in [0.2, 0.25) is 0 Å². The SMILES string of the molecule is CS(=O)(=O)c1ccc(N2CCC(N)CC2)c(C(=O)N=C(N)N)c1.Cl.Cl. The van der Waals surface area contributed by atoms with Gasteiger partial charge in [-0.05, 0) is 31.0 Å². The lowest BCUT2D eigenvalue weighted by Gasteiger charge is -2.33. The highest BCUT2D eigenvalue weighted by Crippen LogP contribution is 2.27. The Balaban J connectivity index is 0.00000288. The van der Waals surface area contributed by atoms with Crippen molar-refractivity contribution in [2.45, 2.75) is 23.8 Å². The lowest BCUT2D eigenvalue weighted by atomic mass is 10.0. The topological polar surface area (TPSA) is 145 Å². The van der Waals surface area contributed by atoms with Crippen LogP contribution in [0.3, 0.4) is 0 Å². The molecule has 0 spiro atoms. The van der Waals surface area contributed by atoms with Crippen LogP contribution in [0.1, 0.15) is 23.2 Å². The Morgan fingerprint density at radius 2 is 1.76 bits per heavy atom. The second kappa shape index (κ2) is 9.23. The summed E-state index contributed by atoms with van der Waals surface area (Å²) in [5, 5.41) is 0. The first-order chi connectivity index (χ1) is 10.7. The van der Waals surface area contributed by atoms with E-state index >= 15 is 0 Å². The highest BCUT2D eigenvalue weighted by molar-refractivity contribution is 7.90. The van der Waals surface area contributed by atoms with Crippen LogP contribution in [0.15, 0.2) is 28.1 Å². The van der Waals surface area contributed by atoms with E-state index in [2.05, 4.69) is 4.99 Å². The van der Waals surface area contributed by atoms with Crippen molar-refractivity contribution >= 4 is 52.2 Å². The molecule has 1 amide bonds. The average Bonchev–Trinajstić information content (AvgIpc) is 2.46. The highest BCUT2D eigenvalue weighted by Gasteiger charge is 2.23. The van der Waals surface area contributed by atoms with Crippen molar-refractivity contribution in [3.63, 3.8) is 0 Å². The minimum Gasteiger partial charge on any atom is -0.371 e. The van der Waals surface area contributed by atoms with Gasteiger partial charge in [0.1, 0.15) is 0 Å². The van der Waals surface area contributed by atoms with Crippen LogP contribution >= 0.6 is 24.8 Å². The van der Waals surface area contributed by atoms with Gasteiger partial charge in [-0.1, -0.05) is 0 Å². The van der Waals surface area contributed by atoms with Gasteiger partial charge in [-0.15, -0.1) is 24.8 Å². The Morgan fingerprint density at radius 3 is 2.24 bits per heavy atom. The van der Waals surface area contributed by atoms with Crippen molar-refractivity contribution in [3.8, 4) is 0 Å². The summed E-state index contributed by atoms with van der Waals surface area (Å²) < 4.78 is 23.5. The summed E-state index contributed by atoms with van der Waals surface area (Å²) in [5.41, 5.74) is 17.2. The highest BCUT2D eigenvalue weighted by atomic mass is 35.5. The van der Waals surface area contributed by atoms with Crippen LogP contribution in [-0.4, -0.2) is 45.7 Å². The summed E-state index contributed by atoms with van der Waals surface area (Å²) in [6.07, 6.45) is 2.67. The molecular formula is C14H23Cl2N5O3S. The Morgan fingerprint density at radius 1 is 1.20 bits per heavy atom. The zero-order valence-corrected chi connectivity index (χ0v) is 16.2. The molecule has 1 heterocycles. The number of hydrogen-bond acceptors (Lipinski definition) is 5. The summed E-state index contributed by atoms with van der Waals surface area (Å²) in [5.74, 6) is -1.04. The molecule has 1 aliphatic heterocycles. The van der Waals surface area contributed by atoms with E-state index in [1.165, 1.54) is 12.1 Å². The van der Waals surface area contributed by atoms with Crippen LogP contribution in [0.4, 0.5) is 5.69 Å². The molecule has 1 fully saturated rings. The van der Waals surface area contributed by atoms with E-state index in [9.17, 15) is 13.2 Å². The predicted octanol–water partition coefficient (Wildman–Crippen LogP) is 0.275. The lowest BCUT2D eigenvalue weighted by molar-refractivity contribution is 0.100. The average molecular weight is 412 g/mol. The lowest BCUT2D eigenvalue weighted by Crippen LogP contribution is -2.40. The van der Waals surface area contributed by atoms with Gasteiger partial charge in [0.05, 0.1) is 10.5 Å². The number of benzene rings is 1. The second-order valence-electron chi connectivity index (χ2n) is 5.62. The van der Waals surface area contributed by atoms with E-state index in [-0.39, 0.29) is 47.3 Å². The smallest absolute Gasteiger partial charge is 0.282 e. The van der Waals surface area contributed by atoms with Crippen molar-refractivity contribution in [3.05, 3.63) is 23.8 Å². The molecule has 0 bridgehead atoms. The largest absolute Gasteiger partial charge is 0.371 e. The fourth-order valence-electron chi connectivity index (χ4n) is 2.51. The van der Waals surface area contributed by atoms with Crippen LogP contribution in [0.2, 0.25) is 0 Å². The number of amides is 1. The van der Waals surface area contributed by atoms with Gasteiger partial charge in [0, 0.05) is 31.1 Å². The molecule has 1 aromatic rings. The van der Waals surface area contributed by atoms with Gasteiger partial charge in [0.25, 0.3) is 5.91 Å². The zero-order valence-electron chi connectivity index (χ0n) is 13.7. The van der Waals surface area contributed by atoms with E-state index < -0.39 is 15.7 Å². The number of rotatable bonds is 3. The van der Waals surface area contributed by atoms with E-state index in [4.69, 9.17) is 17.2 Å². The van der Waals surface area contributed by atoms with Crippen molar-refractivity contribution in [1.82, 2.24) is 0 Å². The Labute approximate surface area is 159 Å². The zero-order chi connectivity index (χ0) is 17.2. The number of guanidine groups is 1. The van der Waals surface area contributed by atoms with Crippen molar-refractivity contribution in [2.24, 2.45) is 22.2 Å². The Kier molecular flexibility index (Phi) is 8.66. The summed E-state index contributed by atoms with van der Waals surface area (Å²) in [6, 6.07) is 4.54. The molecule has 1 aliphatic rings. The number of nitrogens with zero attached hydrogens (tertiary/aromatic N) is 2. The number of piperidine rings is 1. The van der Waals surface area contributed by atoms with E-state index in [0.29, 0.717) is 18.8 Å². The summed E-state index contributed by atoms with van der Waals surface area (Å²) in [7, 11) is -3.45. The molecule has 0 radical (unpaired) electrons. The number of aliphatic imine (C=N–C) groups is 1. The number of anilines is 1. The minimum absolute atomic E-state index is 0. The number of carbonyl (C=O) groups excluding carboxylic acids is 1. The maximum atomic E-state index is 12.3. The van der Waals surface area contributed by atoms with Gasteiger partial charge in [-0.3, -0.25) is 4.79 Å². The molecule has 0 aliphatic carbocycles. The maximum absolute atomic E-state index is 12.3. The standard InChI is InChI=1S/C14H21N5O3S.2ClH/c1-23(21,22)10-2-3-12(19-6-4-9(15)5-7-19)11(8-10)13(20)18-14(16)17;;/h2-3,8-9H,4-7,15H2,1H3,(H4,16,17,18,20);2*1H. The van der Waals surface area contributed by atoms with Crippen LogP contribution in [0.25, 0.3) is 0 Å². The van der Waals surface area contributed by atoms with Gasteiger partial charge < -0.3 is 22.1 Å². The number of nitrogens with two attached hydrogens (primary N) is 3. The van der Waals surface area contributed by atoms with E-state index in [0.717, 1.165) is 19.1 Å². The Bertz CT molecular complexity index is 743. The minimum atomic E-state index is -3.45. The first-order valence-electron chi connectivity index (χ1n) is 7.17. The molecule has 142 valence electrons. The molecule has 1 saturated heterocycles. The van der Waals surface area contributed by atoms with Crippen LogP contribution in [0.5, 0.6) is 0 Å². The third-order valence-electron chi connectivity index (χ3n) is 3.74. The van der Waals surface area contributed by atoms with Crippen LogP contribution in [0, 0.1) is 0 Å². The van der Waals surface area contributed by atoms with Gasteiger partial charge in [-0.2, -0.15) is 4.99 Å². The molecule has 6 N–H and O–H groups in total. The number of carbonyl (C=O) groups is 1. The summed E-state index contributed by atoms with van der Waals surface area (Å²) in [4.78, 5) is 17.8. The number of hydrogen-bond donors (Lipinski definition) is 3. The fraction of sp³-hybridized carbons (Fsp3) is 0.429. The van der Waals surface area contributed by atoms with E-state index in [1.807, 2.05) is 4.90 Å². The number of halogens is 2. The van der Waals surface area contributed by atoms with Crippen LogP contribution < -0.4 is 22.1 Å². The molecule has 2 rings (SSSR count). The van der Waals surface area contributed by atoms with Crippen molar-refractivity contribution in [1.29, 1.82) is 0 Å². The fourth-order valence-corrected chi connectivity index (χ4v) is 3.16. The quantitative estimate of drug-likeness (QED) is 0.477. The molecule has 0 atom stereocenters. The first kappa shape index (κ1) is 23.4. The Hall–Kier alpha value is -1.55. The third-order valence-corrected chi connectivity index (χ3v) is 4.85. The second-order valence-corrected chi connectivity index (χ2v) is 7.63. The van der Waals surface area contributed by atoms with Gasteiger partial charge in [-0.25, -0.2) is 8.42 Å². The molecule has 0 saturated carbocycles. The molecule has 11 heteroatoms.